The molecule has 24 heavy (non-hydrogen) atoms. The van der Waals surface area contributed by atoms with E-state index in [2.05, 4.69) is 10.5 Å². The highest BCUT2D eigenvalue weighted by Gasteiger charge is 2.28. The number of piperidine rings is 1. The van der Waals surface area contributed by atoms with Crippen molar-refractivity contribution < 1.29 is 9.23 Å². The fourth-order valence-corrected chi connectivity index (χ4v) is 4.11. The number of nitrogens with zero attached hydrogens (tertiary/aromatic N) is 2. The summed E-state index contributed by atoms with van der Waals surface area (Å²) < 4.78 is 13.9. The van der Waals surface area contributed by atoms with E-state index in [1.165, 1.54) is 11.1 Å². The Morgan fingerprint density at radius 1 is 1.21 bits per heavy atom. The maximum Gasteiger partial charge on any atom is 0.161 e. The van der Waals surface area contributed by atoms with Gasteiger partial charge in [-0.1, -0.05) is 23.4 Å². The highest BCUT2D eigenvalue weighted by molar-refractivity contribution is 7.09. The summed E-state index contributed by atoms with van der Waals surface area (Å²) in [6.45, 7) is 2.11. The van der Waals surface area contributed by atoms with Gasteiger partial charge in [-0.3, -0.25) is 0 Å². The lowest BCUT2D eigenvalue weighted by molar-refractivity contribution is 0.0830. The minimum absolute atomic E-state index is 0. The average molecular weight is 368 g/mol. The van der Waals surface area contributed by atoms with Crippen LogP contribution in [-0.2, 0) is 4.84 Å². The predicted octanol–water partition coefficient (Wildman–Crippen LogP) is 4.04. The number of hydrogen-bond acceptors (Lipinski definition) is 5. The summed E-state index contributed by atoms with van der Waals surface area (Å²) in [4.78, 5) is 10.2. The van der Waals surface area contributed by atoms with Crippen LogP contribution in [0, 0.1) is 5.82 Å². The van der Waals surface area contributed by atoms with Crippen LogP contribution < -0.4 is 5.32 Å². The van der Waals surface area contributed by atoms with Gasteiger partial charge in [0.15, 0.2) is 6.10 Å². The van der Waals surface area contributed by atoms with E-state index in [0.717, 1.165) is 37.3 Å². The van der Waals surface area contributed by atoms with Crippen molar-refractivity contribution in [2.24, 2.45) is 5.16 Å². The largest absolute Gasteiger partial charge is 0.387 e. The molecule has 1 unspecified atom stereocenters. The highest BCUT2D eigenvalue weighted by Crippen LogP contribution is 2.33. The minimum atomic E-state index is -0.352. The molecule has 7 heteroatoms. The van der Waals surface area contributed by atoms with Gasteiger partial charge in [-0.05, 0) is 32.0 Å². The molecule has 4 nitrogen and oxygen atoms in total. The topological polar surface area (TPSA) is 46.5 Å². The van der Waals surface area contributed by atoms with Gasteiger partial charge in [0.1, 0.15) is 11.5 Å². The fraction of sp³-hybridized carbons (Fsp3) is 0.412. The summed E-state index contributed by atoms with van der Waals surface area (Å²) in [5.41, 5.74) is 2.25. The molecule has 1 fully saturated rings. The van der Waals surface area contributed by atoms with Crippen molar-refractivity contribution in [2.45, 2.75) is 31.3 Å². The summed E-state index contributed by atoms with van der Waals surface area (Å²) in [5, 5.41) is 10.7. The Hall–Kier alpha value is -1.50. The van der Waals surface area contributed by atoms with Crippen LogP contribution >= 0.6 is 23.7 Å². The zero-order chi connectivity index (χ0) is 15.6. The van der Waals surface area contributed by atoms with E-state index in [1.54, 1.807) is 23.5 Å². The van der Waals surface area contributed by atoms with Gasteiger partial charge in [0.2, 0.25) is 0 Å². The quantitative estimate of drug-likeness (QED) is 0.890. The summed E-state index contributed by atoms with van der Waals surface area (Å²) in [6.07, 6.45) is 2.48. The lowest BCUT2D eigenvalue weighted by Crippen LogP contribution is -2.26. The Morgan fingerprint density at radius 3 is 2.79 bits per heavy atom. The van der Waals surface area contributed by atoms with Gasteiger partial charge in [0.05, 0.1) is 10.7 Å². The summed E-state index contributed by atoms with van der Waals surface area (Å²) in [5.74, 6) is 0.294. The van der Waals surface area contributed by atoms with Crippen molar-refractivity contribution >= 4 is 29.5 Å². The number of hydrogen-bond donors (Lipinski definition) is 1. The number of aromatic nitrogens is 1. The SMILES string of the molecule is Cl.Fc1ccccc1C1CC(c2csc(C3CCNCC3)n2)=NO1. The highest BCUT2D eigenvalue weighted by atomic mass is 35.5. The zero-order valence-electron chi connectivity index (χ0n) is 13.1. The lowest BCUT2D eigenvalue weighted by Gasteiger charge is -2.20. The van der Waals surface area contributed by atoms with E-state index >= 15 is 0 Å². The van der Waals surface area contributed by atoms with Gasteiger partial charge in [-0.15, -0.1) is 23.7 Å². The van der Waals surface area contributed by atoms with Crippen LogP contribution in [0.4, 0.5) is 4.39 Å². The molecular weight excluding hydrogens is 349 g/mol. The van der Waals surface area contributed by atoms with Gasteiger partial charge in [0.25, 0.3) is 0 Å². The third kappa shape index (κ3) is 3.45. The molecule has 1 aromatic heterocycles. The van der Waals surface area contributed by atoms with E-state index < -0.39 is 0 Å². The standard InChI is InChI=1S/C17H18FN3OS.ClH/c18-13-4-2-1-3-12(13)16-9-14(21-22-16)15-10-23-17(20-15)11-5-7-19-8-6-11;/h1-4,10-11,16,19H,5-9H2;1H. The van der Waals surface area contributed by atoms with Crippen molar-refractivity contribution in [1.82, 2.24) is 10.3 Å². The molecule has 0 bridgehead atoms. The summed E-state index contributed by atoms with van der Waals surface area (Å²) in [7, 11) is 0. The molecule has 0 spiro atoms. The first-order valence-electron chi connectivity index (χ1n) is 7.95. The normalized spacial score (nSPS) is 21.0. The third-order valence-corrected chi connectivity index (χ3v) is 5.43. The first-order chi connectivity index (χ1) is 11.3. The number of oxime groups is 1. The molecule has 3 heterocycles. The Labute approximate surface area is 150 Å². The maximum absolute atomic E-state index is 13.9. The van der Waals surface area contributed by atoms with Crippen LogP contribution in [0.5, 0.6) is 0 Å². The smallest absolute Gasteiger partial charge is 0.161 e. The van der Waals surface area contributed by atoms with E-state index in [-0.39, 0.29) is 24.3 Å². The number of halogens is 2. The van der Waals surface area contributed by atoms with E-state index in [0.29, 0.717) is 17.9 Å². The number of nitrogens with one attached hydrogen (secondary N) is 1. The molecule has 0 aliphatic carbocycles. The first-order valence-corrected chi connectivity index (χ1v) is 8.83. The predicted molar refractivity (Wildman–Crippen MR) is 95.6 cm³/mol. The first kappa shape index (κ1) is 17.3. The number of benzene rings is 1. The average Bonchev–Trinajstić information content (AvgIpc) is 3.25. The lowest BCUT2D eigenvalue weighted by atomic mass is 9.99. The molecule has 1 aromatic carbocycles. The fourth-order valence-electron chi connectivity index (χ4n) is 3.11. The van der Waals surface area contributed by atoms with Crippen LogP contribution in [0.1, 0.15) is 47.5 Å². The van der Waals surface area contributed by atoms with Crippen molar-refractivity contribution in [3.05, 3.63) is 51.7 Å². The number of rotatable bonds is 3. The Morgan fingerprint density at radius 2 is 2.00 bits per heavy atom. The second-order valence-corrected chi connectivity index (χ2v) is 6.84. The Bertz CT molecular complexity index is 730. The number of thiazole rings is 1. The molecule has 128 valence electrons. The van der Waals surface area contributed by atoms with E-state index in [1.807, 2.05) is 11.4 Å². The van der Waals surface area contributed by atoms with Crippen molar-refractivity contribution in [2.75, 3.05) is 13.1 Å². The molecule has 0 saturated carbocycles. The Kier molecular flexibility index (Phi) is 5.48. The second-order valence-electron chi connectivity index (χ2n) is 5.95. The van der Waals surface area contributed by atoms with Crippen molar-refractivity contribution in [3.8, 4) is 0 Å². The molecule has 0 radical (unpaired) electrons. The molecule has 2 aromatic rings. The third-order valence-electron chi connectivity index (χ3n) is 4.43. The molecule has 2 aliphatic heterocycles. The molecule has 1 atom stereocenters. The second kappa shape index (κ2) is 7.59. The van der Waals surface area contributed by atoms with Crippen molar-refractivity contribution in [1.29, 1.82) is 0 Å². The van der Waals surface area contributed by atoms with Crippen LogP contribution in [-0.4, -0.2) is 23.8 Å². The van der Waals surface area contributed by atoms with Gasteiger partial charge < -0.3 is 10.2 Å². The molecule has 4 rings (SSSR count). The molecule has 1 N–H and O–H groups in total. The van der Waals surface area contributed by atoms with Crippen LogP contribution in [0.25, 0.3) is 0 Å². The molecular formula is C17H19ClFN3OS. The maximum atomic E-state index is 13.9. The molecule has 2 aliphatic rings. The summed E-state index contributed by atoms with van der Waals surface area (Å²) in [6, 6.07) is 6.70. The van der Waals surface area contributed by atoms with Gasteiger partial charge in [-0.2, -0.15) is 0 Å². The Balaban J connectivity index is 0.00000169. The van der Waals surface area contributed by atoms with Crippen LogP contribution in [0.3, 0.4) is 0 Å². The minimum Gasteiger partial charge on any atom is -0.387 e. The van der Waals surface area contributed by atoms with E-state index in [4.69, 9.17) is 9.82 Å². The van der Waals surface area contributed by atoms with E-state index in [9.17, 15) is 4.39 Å². The van der Waals surface area contributed by atoms with Crippen LogP contribution in [0.15, 0.2) is 34.8 Å². The summed E-state index contributed by atoms with van der Waals surface area (Å²) >= 11 is 1.69. The molecule has 0 amide bonds. The van der Waals surface area contributed by atoms with Gasteiger partial charge in [0, 0.05) is 23.3 Å². The zero-order valence-corrected chi connectivity index (χ0v) is 14.7. The van der Waals surface area contributed by atoms with Crippen LogP contribution in [0.2, 0.25) is 0 Å². The van der Waals surface area contributed by atoms with Gasteiger partial charge >= 0.3 is 0 Å². The van der Waals surface area contributed by atoms with Crippen molar-refractivity contribution in [3.63, 3.8) is 0 Å². The molecule has 1 saturated heterocycles. The monoisotopic (exact) mass is 367 g/mol. The van der Waals surface area contributed by atoms with Gasteiger partial charge in [-0.25, -0.2) is 9.37 Å².